The molecule has 0 saturated carbocycles. The fourth-order valence-corrected chi connectivity index (χ4v) is 4.17. The monoisotopic (exact) mass is 438 g/mol. The molecule has 2 heterocycles. The minimum atomic E-state index is -0.605. The van der Waals surface area contributed by atoms with Crippen molar-refractivity contribution in [1.82, 2.24) is 4.90 Å². The Bertz CT molecular complexity index is 914. The lowest BCUT2D eigenvalue weighted by atomic mass is 9.73. The first-order chi connectivity index (χ1) is 15.6. The number of amides is 2. The van der Waals surface area contributed by atoms with Gasteiger partial charge in [-0.05, 0) is 49.6 Å². The van der Waals surface area contributed by atoms with Crippen LogP contribution in [-0.2, 0) is 24.5 Å². The third-order valence-electron chi connectivity index (χ3n) is 6.22. The van der Waals surface area contributed by atoms with Crippen LogP contribution in [0.5, 0.6) is 5.75 Å². The molecule has 2 aromatic carbocycles. The number of anilines is 1. The van der Waals surface area contributed by atoms with Crippen LogP contribution in [-0.4, -0.2) is 62.8 Å². The zero-order valence-electron chi connectivity index (χ0n) is 18.5. The molecule has 2 aliphatic rings. The van der Waals surface area contributed by atoms with Gasteiger partial charge in [0, 0.05) is 32.0 Å². The largest absolute Gasteiger partial charge is 0.484 e. The standard InChI is InChI=1S/C25H30N2O5/c1-19-2-4-20(5-3-19)25(10-14-30-15-11-25)24(29)26-21-6-8-22(9-7-21)32-18-23(28)27-12-16-31-17-13-27/h2-9H,10-18H2,1H3,(H,26,29). The van der Waals surface area contributed by atoms with Crippen LogP contribution in [0.4, 0.5) is 5.69 Å². The van der Waals surface area contributed by atoms with Crippen molar-refractivity contribution >= 4 is 17.5 Å². The van der Waals surface area contributed by atoms with E-state index in [1.807, 2.05) is 31.2 Å². The Morgan fingerprint density at radius 1 is 0.938 bits per heavy atom. The number of ether oxygens (including phenoxy) is 3. The summed E-state index contributed by atoms with van der Waals surface area (Å²) in [6.07, 6.45) is 1.29. The molecular formula is C25H30N2O5. The highest BCUT2D eigenvalue weighted by molar-refractivity contribution is 5.99. The van der Waals surface area contributed by atoms with Gasteiger partial charge in [-0.3, -0.25) is 9.59 Å². The summed E-state index contributed by atoms with van der Waals surface area (Å²) in [4.78, 5) is 27.4. The molecule has 2 aromatic rings. The molecule has 7 heteroatoms. The van der Waals surface area contributed by atoms with Crippen LogP contribution in [0.2, 0.25) is 0 Å². The van der Waals surface area contributed by atoms with E-state index in [-0.39, 0.29) is 18.4 Å². The van der Waals surface area contributed by atoms with Gasteiger partial charge in [-0.2, -0.15) is 0 Å². The first-order valence-electron chi connectivity index (χ1n) is 11.1. The van der Waals surface area contributed by atoms with Gasteiger partial charge in [0.2, 0.25) is 5.91 Å². The first kappa shape index (κ1) is 22.3. The predicted molar refractivity (Wildman–Crippen MR) is 121 cm³/mol. The third-order valence-corrected chi connectivity index (χ3v) is 6.22. The fourth-order valence-electron chi connectivity index (χ4n) is 4.17. The fraction of sp³-hybridized carbons (Fsp3) is 0.440. The number of rotatable bonds is 6. The second kappa shape index (κ2) is 10.1. The van der Waals surface area contributed by atoms with E-state index >= 15 is 0 Å². The summed E-state index contributed by atoms with van der Waals surface area (Å²) in [5, 5.41) is 3.07. The summed E-state index contributed by atoms with van der Waals surface area (Å²) in [5.41, 5.74) is 2.27. The van der Waals surface area contributed by atoms with Gasteiger partial charge in [0.15, 0.2) is 6.61 Å². The minimum absolute atomic E-state index is 0.0117. The normalized spacial score (nSPS) is 18.1. The summed E-state index contributed by atoms with van der Waals surface area (Å²) >= 11 is 0. The molecule has 32 heavy (non-hydrogen) atoms. The maximum atomic E-state index is 13.4. The topological polar surface area (TPSA) is 77.1 Å². The third kappa shape index (κ3) is 5.11. The number of benzene rings is 2. The van der Waals surface area contributed by atoms with Gasteiger partial charge in [-0.1, -0.05) is 29.8 Å². The van der Waals surface area contributed by atoms with Crippen molar-refractivity contribution in [3.63, 3.8) is 0 Å². The average Bonchev–Trinajstić information content (AvgIpc) is 2.84. The lowest BCUT2D eigenvalue weighted by Gasteiger charge is -2.36. The van der Waals surface area contributed by atoms with Crippen molar-refractivity contribution in [2.75, 3.05) is 51.4 Å². The van der Waals surface area contributed by atoms with Crippen molar-refractivity contribution in [2.45, 2.75) is 25.2 Å². The Morgan fingerprint density at radius 2 is 1.56 bits per heavy atom. The van der Waals surface area contributed by atoms with Gasteiger partial charge in [0.1, 0.15) is 5.75 Å². The van der Waals surface area contributed by atoms with E-state index in [0.717, 1.165) is 5.56 Å². The van der Waals surface area contributed by atoms with Crippen LogP contribution >= 0.6 is 0 Å². The van der Waals surface area contributed by atoms with E-state index in [4.69, 9.17) is 14.2 Å². The Morgan fingerprint density at radius 3 is 2.22 bits per heavy atom. The zero-order chi connectivity index (χ0) is 22.4. The van der Waals surface area contributed by atoms with Crippen LogP contribution in [0.1, 0.15) is 24.0 Å². The Hall–Kier alpha value is -2.90. The maximum Gasteiger partial charge on any atom is 0.260 e. The first-order valence-corrected chi connectivity index (χ1v) is 11.1. The zero-order valence-corrected chi connectivity index (χ0v) is 18.5. The molecule has 0 atom stereocenters. The van der Waals surface area contributed by atoms with Crippen molar-refractivity contribution in [3.05, 3.63) is 59.7 Å². The molecule has 0 bridgehead atoms. The maximum absolute atomic E-state index is 13.4. The number of aryl methyl sites for hydroxylation is 1. The van der Waals surface area contributed by atoms with E-state index in [1.54, 1.807) is 29.2 Å². The quantitative estimate of drug-likeness (QED) is 0.751. The van der Waals surface area contributed by atoms with E-state index in [1.165, 1.54) is 5.56 Å². The Balaban J connectivity index is 1.38. The lowest BCUT2D eigenvalue weighted by Crippen LogP contribution is -2.44. The molecule has 7 nitrogen and oxygen atoms in total. The minimum Gasteiger partial charge on any atom is -0.484 e. The number of nitrogens with zero attached hydrogens (tertiary/aromatic N) is 1. The van der Waals surface area contributed by atoms with Gasteiger partial charge in [0.05, 0.1) is 18.6 Å². The summed E-state index contributed by atoms with van der Waals surface area (Å²) in [6, 6.07) is 15.3. The summed E-state index contributed by atoms with van der Waals surface area (Å²) in [6.45, 7) is 5.48. The number of hydrogen-bond acceptors (Lipinski definition) is 5. The molecule has 0 unspecified atom stereocenters. The van der Waals surface area contributed by atoms with E-state index in [9.17, 15) is 9.59 Å². The number of hydrogen-bond donors (Lipinski definition) is 1. The van der Waals surface area contributed by atoms with Crippen LogP contribution in [0, 0.1) is 6.92 Å². The SMILES string of the molecule is Cc1ccc(C2(C(=O)Nc3ccc(OCC(=O)N4CCOCC4)cc3)CCOCC2)cc1. The number of carbonyl (C=O) groups excluding carboxylic acids is 2. The second-order valence-electron chi connectivity index (χ2n) is 8.32. The van der Waals surface area contributed by atoms with Crippen molar-refractivity contribution in [1.29, 1.82) is 0 Å². The summed E-state index contributed by atoms with van der Waals surface area (Å²) in [5.74, 6) is 0.509. The van der Waals surface area contributed by atoms with Crippen LogP contribution < -0.4 is 10.1 Å². The number of nitrogens with one attached hydrogen (secondary N) is 1. The number of carbonyl (C=O) groups is 2. The Labute approximate surface area is 188 Å². The van der Waals surface area contributed by atoms with Crippen molar-refractivity contribution in [3.8, 4) is 5.75 Å². The molecule has 4 rings (SSSR count). The van der Waals surface area contributed by atoms with Gasteiger partial charge in [-0.15, -0.1) is 0 Å². The molecule has 2 fully saturated rings. The van der Waals surface area contributed by atoms with E-state index < -0.39 is 5.41 Å². The molecular weight excluding hydrogens is 408 g/mol. The number of morpholine rings is 1. The van der Waals surface area contributed by atoms with Crippen molar-refractivity contribution in [2.24, 2.45) is 0 Å². The molecule has 0 spiro atoms. The molecule has 2 amide bonds. The van der Waals surface area contributed by atoms with Crippen LogP contribution in [0.3, 0.4) is 0 Å². The molecule has 170 valence electrons. The second-order valence-corrected chi connectivity index (χ2v) is 8.32. The molecule has 0 radical (unpaired) electrons. The van der Waals surface area contributed by atoms with E-state index in [0.29, 0.717) is 63.8 Å². The Kier molecular flexibility index (Phi) is 7.07. The van der Waals surface area contributed by atoms with Gasteiger partial charge in [-0.25, -0.2) is 0 Å². The highest BCUT2D eigenvalue weighted by atomic mass is 16.5. The highest BCUT2D eigenvalue weighted by Crippen LogP contribution is 2.36. The molecule has 0 aromatic heterocycles. The van der Waals surface area contributed by atoms with Crippen molar-refractivity contribution < 1.29 is 23.8 Å². The van der Waals surface area contributed by atoms with E-state index in [2.05, 4.69) is 5.32 Å². The lowest BCUT2D eigenvalue weighted by molar-refractivity contribution is -0.137. The van der Waals surface area contributed by atoms with Gasteiger partial charge in [0.25, 0.3) is 5.91 Å². The summed E-state index contributed by atoms with van der Waals surface area (Å²) in [7, 11) is 0. The van der Waals surface area contributed by atoms with Crippen LogP contribution in [0.15, 0.2) is 48.5 Å². The predicted octanol–water partition coefficient (Wildman–Crippen LogP) is 2.92. The average molecular weight is 439 g/mol. The highest BCUT2D eigenvalue weighted by Gasteiger charge is 2.41. The molecule has 0 aliphatic carbocycles. The van der Waals surface area contributed by atoms with Gasteiger partial charge < -0.3 is 24.4 Å². The molecule has 2 saturated heterocycles. The molecule has 1 N–H and O–H groups in total. The van der Waals surface area contributed by atoms with Gasteiger partial charge >= 0.3 is 0 Å². The van der Waals surface area contributed by atoms with Crippen LogP contribution in [0.25, 0.3) is 0 Å². The summed E-state index contributed by atoms with van der Waals surface area (Å²) < 4.78 is 16.4. The molecule has 2 aliphatic heterocycles. The smallest absolute Gasteiger partial charge is 0.260 e.